The van der Waals surface area contributed by atoms with Gasteiger partial charge in [-0.15, -0.1) is 0 Å². The Bertz CT molecular complexity index is 921. The van der Waals surface area contributed by atoms with E-state index in [-0.39, 0.29) is 9.79 Å². The molecule has 2 aromatic rings. The Balaban J connectivity index is 1.72. The molecule has 1 aliphatic heterocycles. The minimum Gasteiger partial charge on any atom is -0.207 e. The van der Waals surface area contributed by atoms with Gasteiger partial charge in [0.25, 0.3) is 0 Å². The average Bonchev–Trinajstić information content (AvgIpc) is 2.62. The van der Waals surface area contributed by atoms with Crippen LogP contribution in [0.2, 0.25) is 0 Å². The summed E-state index contributed by atoms with van der Waals surface area (Å²) < 4.78 is 54.5. The molecule has 0 bridgehead atoms. The van der Waals surface area contributed by atoms with E-state index >= 15 is 0 Å². The minimum absolute atomic E-state index is 0.280. The maximum absolute atomic E-state index is 12.9. The number of hydrogen-bond acceptors (Lipinski definition) is 4. The number of hydrogen-bond donors (Lipinski definition) is 0. The van der Waals surface area contributed by atoms with Crippen LogP contribution in [0, 0.1) is 13.8 Å². The maximum Gasteiger partial charge on any atom is 0.243 e. The molecule has 152 valence electrons. The molecule has 0 atom stereocenters. The van der Waals surface area contributed by atoms with Gasteiger partial charge < -0.3 is 0 Å². The standard InChI is InChI=1S/C20H26N2O4S2/c1-17-5-9-19(10-6-17)27(23,24)21-13-3-15-22(16-4-14-21)28(25,26)20-11-7-18(2)8-12-20/h5-12H,3-4,13-16H2,1-2H3. The van der Waals surface area contributed by atoms with Crippen molar-refractivity contribution >= 4 is 20.0 Å². The second-order valence-electron chi connectivity index (χ2n) is 7.14. The highest BCUT2D eigenvalue weighted by atomic mass is 32.2. The van der Waals surface area contributed by atoms with E-state index in [9.17, 15) is 16.8 Å². The van der Waals surface area contributed by atoms with E-state index in [4.69, 9.17) is 0 Å². The van der Waals surface area contributed by atoms with Crippen molar-refractivity contribution in [1.82, 2.24) is 8.61 Å². The smallest absolute Gasteiger partial charge is 0.207 e. The van der Waals surface area contributed by atoms with Gasteiger partial charge in [-0.2, -0.15) is 8.61 Å². The zero-order chi connectivity index (χ0) is 20.4. The van der Waals surface area contributed by atoms with Crippen molar-refractivity contribution in [1.29, 1.82) is 0 Å². The first kappa shape index (κ1) is 21.0. The summed E-state index contributed by atoms with van der Waals surface area (Å²) in [5.74, 6) is 0. The number of rotatable bonds is 4. The highest BCUT2D eigenvalue weighted by molar-refractivity contribution is 7.89. The highest BCUT2D eigenvalue weighted by Gasteiger charge is 2.29. The maximum atomic E-state index is 12.9. The fourth-order valence-corrected chi connectivity index (χ4v) is 6.30. The molecule has 1 heterocycles. The van der Waals surface area contributed by atoms with Crippen molar-refractivity contribution in [3.05, 3.63) is 59.7 Å². The molecule has 0 unspecified atom stereocenters. The van der Waals surface area contributed by atoms with Crippen molar-refractivity contribution in [2.24, 2.45) is 0 Å². The van der Waals surface area contributed by atoms with Gasteiger partial charge in [-0.3, -0.25) is 0 Å². The van der Waals surface area contributed by atoms with Gasteiger partial charge in [0.2, 0.25) is 20.0 Å². The van der Waals surface area contributed by atoms with Crippen LogP contribution in [-0.2, 0) is 20.0 Å². The van der Waals surface area contributed by atoms with E-state index in [0.29, 0.717) is 39.0 Å². The normalized spacial score (nSPS) is 17.8. The zero-order valence-corrected chi connectivity index (χ0v) is 17.8. The summed E-state index contributed by atoms with van der Waals surface area (Å²) in [7, 11) is -7.13. The summed E-state index contributed by atoms with van der Waals surface area (Å²) in [6, 6.07) is 13.6. The molecule has 3 rings (SSSR count). The Kier molecular flexibility index (Phi) is 6.24. The number of aryl methyl sites for hydroxylation is 2. The number of sulfonamides is 2. The lowest BCUT2D eigenvalue weighted by Gasteiger charge is -2.29. The van der Waals surface area contributed by atoms with E-state index in [1.807, 2.05) is 13.8 Å². The van der Waals surface area contributed by atoms with Crippen LogP contribution in [0.25, 0.3) is 0 Å². The molecule has 1 fully saturated rings. The van der Waals surface area contributed by atoms with Crippen molar-refractivity contribution < 1.29 is 16.8 Å². The third kappa shape index (κ3) is 4.46. The highest BCUT2D eigenvalue weighted by Crippen LogP contribution is 2.22. The van der Waals surface area contributed by atoms with Crippen LogP contribution in [0.15, 0.2) is 58.3 Å². The molecule has 0 radical (unpaired) electrons. The molecule has 1 aliphatic rings. The predicted octanol–water partition coefficient (Wildman–Crippen LogP) is 2.78. The predicted molar refractivity (Wildman–Crippen MR) is 109 cm³/mol. The van der Waals surface area contributed by atoms with Gasteiger partial charge in [0, 0.05) is 26.2 Å². The van der Waals surface area contributed by atoms with Crippen molar-refractivity contribution in [3.8, 4) is 0 Å². The molecule has 0 amide bonds. The fraction of sp³-hybridized carbons (Fsp3) is 0.400. The summed E-state index contributed by atoms with van der Waals surface area (Å²) in [5, 5.41) is 0. The third-order valence-corrected chi connectivity index (χ3v) is 8.77. The van der Waals surface area contributed by atoms with E-state index < -0.39 is 20.0 Å². The first-order valence-corrected chi connectivity index (χ1v) is 12.2. The largest absolute Gasteiger partial charge is 0.243 e. The molecule has 2 aromatic carbocycles. The fourth-order valence-electron chi connectivity index (χ4n) is 3.27. The van der Waals surface area contributed by atoms with Gasteiger partial charge in [-0.1, -0.05) is 35.4 Å². The summed E-state index contributed by atoms with van der Waals surface area (Å²) >= 11 is 0. The Hall–Kier alpha value is -1.74. The van der Waals surface area contributed by atoms with Crippen LogP contribution < -0.4 is 0 Å². The number of benzene rings is 2. The summed E-state index contributed by atoms with van der Waals surface area (Å²) in [6.07, 6.45) is 0.909. The van der Waals surface area contributed by atoms with Crippen molar-refractivity contribution in [2.45, 2.75) is 36.5 Å². The Morgan fingerprint density at radius 1 is 0.571 bits per heavy atom. The zero-order valence-electron chi connectivity index (χ0n) is 16.2. The Morgan fingerprint density at radius 2 is 0.857 bits per heavy atom. The first-order chi connectivity index (χ1) is 13.2. The van der Waals surface area contributed by atoms with Gasteiger partial charge in [-0.05, 0) is 51.0 Å². The van der Waals surface area contributed by atoms with Crippen molar-refractivity contribution in [2.75, 3.05) is 26.2 Å². The number of nitrogens with zero attached hydrogens (tertiary/aromatic N) is 2. The minimum atomic E-state index is -3.56. The molecule has 0 N–H and O–H groups in total. The topological polar surface area (TPSA) is 74.8 Å². The van der Waals surface area contributed by atoms with Gasteiger partial charge in [-0.25, -0.2) is 16.8 Å². The van der Waals surface area contributed by atoms with Crippen molar-refractivity contribution in [3.63, 3.8) is 0 Å². The summed E-state index contributed by atoms with van der Waals surface area (Å²) in [6.45, 7) is 5.03. The molecular weight excluding hydrogens is 396 g/mol. The lowest BCUT2D eigenvalue weighted by atomic mass is 10.2. The van der Waals surface area contributed by atoms with Crippen LogP contribution in [-0.4, -0.2) is 51.6 Å². The molecule has 8 heteroatoms. The van der Waals surface area contributed by atoms with Crippen LogP contribution in [0.5, 0.6) is 0 Å². The molecule has 28 heavy (non-hydrogen) atoms. The lowest BCUT2D eigenvalue weighted by Crippen LogP contribution is -2.41. The molecule has 0 spiro atoms. The molecule has 0 aliphatic carbocycles. The Morgan fingerprint density at radius 3 is 1.14 bits per heavy atom. The molecule has 1 saturated heterocycles. The molecule has 6 nitrogen and oxygen atoms in total. The second kappa shape index (κ2) is 8.32. The quantitative estimate of drug-likeness (QED) is 0.759. The van der Waals surface area contributed by atoms with Gasteiger partial charge in [0.15, 0.2) is 0 Å². The SMILES string of the molecule is Cc1ccc(S(=O)(=O)N2CCCN(S(=O)(=O)c3ccc(C)cc3)CCC2)cc1. The average molecular weight is 423 g/mol. The summed E-state index contributed by atoms with van der Waals surface area (Å²) in [5.41, 5.74) is 2.01. The van der Waals surface area contributed by atoms with Gasteiger partial charge in [0.1, 0.15) is 0 Å². The monoisotopic (exact) mass is 422 g/mol. The second-order valence-corrected chi connectivity index (χ2v) is 11.0. The summed E-state index contributed by atoms with van der Waals surface area (Å²) in [4.78, 5) is 0.561. The van der Waals surface area contributed by atoms with Gasteiger partial charge in [0.05, 0.1) is 9.79 Å². The van der Waals surface area contributed by atoms with E-state index in [0.717, 1.165) is 11.1 Å². The van der Waals surface area contributed by atoms with E-state index in [1.165, 1.54) is 8.61 Å². The van der Waals surface area contributed by atoms with Crippen LogP contribution in [0.4, 0.5) is 0 Å². The third-order valence-electron chi connectivity index (χ3n) is 4.95. The van der Waals surface area contributed by atoms with E-state index in [2.05, 4.69) is 0 Å². The van der Waals surface area contributed by atoms with Crippen LogP contribution in [0.3, 0.4) is 0 Å². The molecule has 0 aromatic heterocycles. The molecule has 0 saturated carbocycles. The lowest BCUT2D eigenvalue weighted by molar-refractivity contribution is 0.309. The first-order valence-electron chi connectivity index (χ1n) is 9.35. The molecular formula is C20H26N2O4S2. The van der Waals surface area contributed by atoms with E-state index in [1.54, 1.807) is 48.5 Å². The van der Waals surface area contributed by atoms with Crippen LogP contribution >= 0.6 is 0 Å². The Labute approximate surface area is 167 Å². The van der Waals surface area contributed by atoms with Crippen LogP contribution in [0.1, 0.15) is 24.0 Å². The van der Waals surface area contributed by atoms with Gasteiger partial charge >= 0.3 is 0 Å².